The Morgan fingerprint density at radius 1 is 1.15 bits per heavy atom. The van der Waals surface area contributed by atoms with Gasteiger partial charge in [-0.05, 0) is 30.0 Å². The molecule has 0 radical (unpaired) electrons. The molecule has 0 spiro atoms. The Hall–Kier alpha value is -3.06. The molecule has 0 fully saturated rings. The van der Waals surface area contributed by atoms with Gasteiger partial charge in [-0.15, -0.1) is 0 Å². The van der Waals surface area contributed by atoms with Crippen molar-refractivity contribution in [2.75, 3.05) is 7.05 Å². The fourth-order valence-corrected chi connectivity index (χ4v) is 2.68. The molecule has 0 heterocycles. The highest BCUT2D eigenvalue weighted by atomic mass is 16.1. The normalized spacial score (nSPS) is 12.2. The van der Waals surface area contributed by atoms with Crippen molar-refractivity contribution < 1.29 is 4.79 Å². The van der Waals surface area contributed by atoms with Gasteiger partial charge in [0, 0.05) is 19.8 Å². The van der Waals surface area contributed by atoms with Crippen molar-refractivity contribution >= 4 is 5.91 Å². The topological polar surface area (TPSA) is 56.1 Å². The number of nitriles is 1. The molecule has 1 N–H and O–H groups in total. The molecule has 2 aromatic carbocycles. The first-order chi connectivity index (χ1) is 12.5. The molecule has 4 heteroatoms. The minimum Gasteiger partial charge on any atom is -0.375 e. The van der Waals surface area contributed by atoms with Gasteiger partial charge in [0.1, 0.15) is 11.6 Å². The molecular weight excluding hydrogens is 322 g/mol. The predicted molar refractivity (Wildman–Crippen MR) is 104 cm³/mol. The number of carbonyl (C=O) groups is 1. The van der Waals surface area contributed by atoms with E-state index in [4.69, 9.17) is 0 Å². The maximum atomic E-state index is 12.4. The summed E-state index contributed by atoms with van der Waals surface area (Å²) in [6, 6.07) is 19.9. The average molecular weight is 347 g/mol. The van der Waals surface area contributed by atoms with Gasteiger partial charge < -0.3 is 10.2 Å². The third-order valence-corrected chi connectivity index (χ3v) is 4.22. The summed E-state index contributed by atoms with van der Waals surface area (Å²) < 4.78 is 0. The molecule has 0 saturated heterocycles. The lowest BCUT2D eigenvalue weighted by atomic mass is 10.0. The first-order valence-electron chi connectivity index (χ1n) is 8.79. The van der Waals surface area contributed by atoms with Crippen LogP contribution in [0.2, 0.25) is 0 Å². The Bertz CT molecular complexity index is 788. The van der Waals surface area contributed by atoms with E-state index >= 15 is 0 Å². The largest absolute Gasteiger partial charge is 0.375 e. The minimum atomic E-state index is -0.362. The van der Waals surface area contributed by atoms with Crippen molar-refractivity contribution in [2.24, 2.45) is 0 Å². The summed E-state index contributed by atoms with van der Waals surface area (Å²) in [5, 5.41) is 12.3. The smallest absolute Gasteiger partial charge is 0.263 e. The van der Waals surface area contributed by atoms with Crippen LogP contribution in [0.25, 0.3) is 0 Å². The van der Waals surface area contributed by atoms with Gasteiger partial charge in [-0.3, -0.25) is 4.79 Å². The lowest BCUT2D eigenvalue weighted by molar-refractivity contribution is -0.117. The molecule has 4 nitrogen and oxygen atoms in total. The van der Waals surface area contributed by atoms with Crippen LogP contribution < -0.4 is 5.32 Å². The number of amides is 1. The molecule has 2 aromatic rings. The van der Waals surface area contributed by atoms with E-state index in [1.165, 1.54) is 5.56 Å². The number of rotatable bonds is 7. The van der Waals surface area contributed by atoms with Gasteiger partial charge in [-0.1, -0.05) is 61.5 Å². The highest BCUT2D eigenvalue weighted by Gasteiger charge is 2.14. The van der Waals surface area contributed by atoms with Crippen molar-refractivity contribution in [1.29, 1.82) is 5.26 Å². The van der Waals surface area contributed by atoms with Crippen LogP contribution in [0.1, 0.15) is 36.6 Å². The average Bonchev–Trinajstić information content (AvgIpc) is 2.66. The van der Waals surface area contributed by atoms with Gasteiger partial charge in [0.15, 0.2) is 0 Å². The van der Waals surface area contributed by atoms with Crippen LogP contribution in [0, 0.1) is 11.3 Å². The van der Waals surface area contributed by atoms with E-state index in [0.717, 1.165) is 17.5 Å². The van der Waals surface area contributed by atoms with E-state index in [2.05, 4.69) is 24.4 Å². The van der Waals surface area contributed by atoms with Gasteiger partial charge in [0.25, 0.3) is 5.91 Å². The Balaban J connectivity index is 2.01. The number of aryl methyl sites for hydroxylation is 1. The van der Waals surface area contributed by atoms with Crippen LogP contribution in [0.15, 0.2) is 66.4 Å². The molecule has 1 unspecified atom stereocenters. The number of carbonyl (C=O) groups excluding carboxylic acids is 1. The molecule has 1 atom stereocenters. The molecule has 134 valence electrons. The van der Waals surface area contributed by atoms with Crippen LogP contribution in [0.5, 0.6) is 0 Å². The fourth-order valence-electron chi connectivity index (χ4n) is 2.68. The molecular formula is C22H25N3O. The van der Waals surface area contributed by atoms with Gasteiger partial charge in [-0.25, -0.2) is 0 Å². The molecule has 26 heavy (non-hydrogen) atoms. The number of hydrogen-bond donors (Lipinski definition) is 1. The summed E-state index contributed by atoms with van der Waals surface area (Å²) in [4.78, 5) is 14.3. The van der Waals surface area contributed by atoms with Crippen LogP contribution in [-0.2, 0) is 17.8 Å². The van der Waals surface area contributed by atoms with E-state index < -0.39 is 0 Å². The van der Waals surface area contributed by atoms with Crippen LogP contribution >= 0.6 is 0 Å². The second-order valence-electron chi connectivity index (χ2n) is 6.35. The van der Waals surface area contributed by atoms with Crippen molar-refractivity contribution in [3.63, 3.8) is 0 Å². The van der Waals surface area contributed by atoms with Crippen molar-refractivity contribution in [3.05, 3.63) is 83.1 Å². The van der Waals surface area contributed by atoms with Crippen LogP contribution in [-0.4, -0.2) is 17.9 Å². The second-order valence-corrected chi connectivity index (χ2v) is 6.35. The zero-order chi connectivity index (χ0) is 18.9. The van der Waals surface area contributed by atoms with Gasteiger partial charge in [0.2, 0.25) is 0 Å². The lowest BCUT2D eigenvalue weighted by Gasteiger charge is -2.17. The van der Waals surface area contributed by atoms with Gasteiger partial charge >= 0.3 is 0 Å². The number of nitrogens with zero attached hydrogens (tertiary/aromatic N) is 2. The summed E-state index contributed by atoms with van der Waals surface area (Å²) in [6.07, 6.45) is 2.57. The van der Waals surface area contributed by atoms with Gasteiger partial charge in [0.05, 0.1) is 6.04 Å². The number of hydrogen-bond acceptors (Lipinski definition) is 3. The molecule has 0 saturated carbocycles. The zero-order valence-electron chi connectivity index (χ0n) is 15.6. The van der Waals surface area contributed by atoms with E-state index in [-0.39, 0.29) is 17.5 Å². The lowest BCUT2D eigenvalue weighted by Crippen LogP contribution is -2.28. The minimum absolute atomic E-state index is 0.0976. The van der Waals surface area contributed by atoms with E-state index in [1.807, 2.05) is 67.4 Å². The van der Waals surface area contributed by atoms with Crippen LogP contribution in [0.3, 0.4) is 0 Å². The molecule has 0 aliphatic rings. The first kappa shape index (κ1) is 19.3. The Labute approximate surface area is 155 Å². The summed E-state index contributed by atoms with van der Waals surface area (Å²) in [5.41, 5.74) is 3.49. The first-order valence-corrected chi connectivity index (χ1v) is 8.79. The SMILES string of the molecule is CCc1ccc(C(C)NC(=O)/C(C#N)=C\N(C)Cc2ccccc2)cc1. The van der Waals surface area contributed by atoms with Gasteiger partial charge in [-0.2, -0.15) is 5.26 Å². The number of nitrogens with one attached hydrogen (secondary N) is 1. The monoisotopic (exact) mass is 347 g/mol. The Morgan fingerprint density at radius 2 is 1.81 bits per heavy atom. The summed E-state index contributed by atoms with van der Waals surface area (Å²) in [6.45, 7) is 4.66. The third-order valence-electron chi connectivity index (χ3n) is 4.22. The zero-order valence-corrected chi connectivity index (χ0v) is 15.6. The molecule has 1 amide bonds. The standard InChI is InChI=1S/C22H25N3O/c1-4-18-10-12-20(13-11-18)17(2)24-22(26)21(14-23)16-25(3)15-19-8-6-5-7-9-19/h5-13,16-17H,4,15H2,1-3H3,(H,24,26)/b21-16-. The van der Waals surface area contributed by atoms with Crippen molar-refractivity contribution in [3.8, 4) is 6.07 Å². The van der Waals surface area contributed by atoms with E-state index in [9.17, 15) is 10.1 Å². The second kappa shape index (κ2) is 9.43. The third kappa shape index (κ3) is 5.49. The maximum Gasteiger partial charge on any atom is 0.263 e. The highest BCUT2D eigenvalue weighted by Crippen LogP contribution is 2.14. The molecule has 2 rings (SSSR count). The molecule has 0 bridgehead atoms. The summed E-state index contributed by atoms with van der Waals surface area (Å²) >= 11 is 0. The fraction of sp³-hybridized carbons (Fsp3) is 0.273. The van der Waals surface area contributed by atoms with Crippen molar-refractivity contribution in [1.82, 2.24) is 10.2 Å². The number of benzene rings is 2. The van der Waals surface area contributed by atoms with E-state index in [1.54, 1.807) is 6.20 Å². The molecule has 0 aliphatic heterocycles. The molecule has 0 aliphatic carbocycles. The van der Waals surface area contributed by atoms with Crippen LogP contribution in [0.4, 0.5) is 0 Å². The Kier molecular flexibility index (Phi) is 6.99. The molecule has 0 aromatic heterocycles. The predicted octanol–water partition coefficient (Wildman–Crippen LogP) is 3.97. The maximum absolute atomic E-state index is 12.4. The van der Waals surface area contributed by atoms with E-state index in [0.29, 0.717) is 6.54 Å². The summed E-state index contributed by atoms with van der Waals surface area (Å²) in [5.74, 6) is -0.362. The Morgan fingerprint density at radius 3 is 2.38 bits per heavy atom. The highest BCUT2D eigenvalue weighted by molar-refractivity contribution is 5.97. The van der Waals surface area contributed by atoms with Crippen molar-refractivity contribution in [2.45, 2.75) is 32.9 Å². The quantitative estimate of drug-likeness (QED) is 0.609. The summed E-state index contributed by atoms with van der Waals surface area (Å²) in [7, 11) is 1.85.